The van der Waals surface area contributed by atoms with Crippen LogP contribution in [0.25, 0.3) is 10.2 Å². The molecule has 1 heterocycles. The van der Waals surface area contributed by atoms with Gasteiger partial charge in [-0.25, -0.2) is 4.98 Å². The molecule has 0 saturated carbocycles. The number of hydrogen-bond acceptors (Lipinski definition) is 4. The van der Waals surface area contributed by atoms with Gasteiger partial charge in [0.25, 0.3) is 0 Å². The van der Waals surface area contributed by atoms with Crippen LogP contribution in [0.1, 0.15) is 18.1 Å². The highest BCUT2D eigenvalue weighted by molar-refractivity contribution is 9.11. The van der Waals surface area contributed by atoms with Gasteiger partial charge < -0.3 is 4.74 Å². The number of carbonyl (C=O) groups is 1. The number of fused-ring (bicyclic) bond motifs is 1. The van der Waals surface area contributed by atoms with Crippen molar-refractivity contribution in [2.24, 2.45) is 0 Å². The van der Waals surface area contributed by atoms with Crippen molar-refractivity contribution in [2.45, 2.75) is 26.9 Å². The number of ether oxygens (including phenoxy) is 1. The molecule has 17 heavy (non-hydrogen) atoms. The minimum absolute atomic E-state index is 0.429. The molecule has 90 valence electrons. The first kappa shape index (κ1) is 12.5. The lowest BCUT2D eigenvalue weighted by Crippen LogP contribution is -2.13. The fraction of sp³-hybridized carbons (Fsp3) is 0.333. The first-order valence-electron chi connectivity index (χ1n) is 5.21. The number of aromatic nitrogens is 1. The Labute approximate surface area is 112 Å². The van der Waals surface area contributed by atoms with Gasteiger partial charge in [0.05, 0.1) is 10.2 Å². The van der Waals surface area contributed by atoms with Crippen molar-refractivity contribution in [1.29, 1.82) is 0 Å². The summed E-state index contributed by atoms with van der Waals surface area (Å²) < 4.78 is 7.51. The first-order chi connectivity index (χ1) is 8.02. The summed E-state index contributed by atoms with van der Waals surface area (Å²) in [5, 5.41) is 0. The number of halogens is 1. The van der Waals surface area contributed by atoms with Gasteiger partial charge in [-0.05, 0) is 53.9 Å². The molecule has 5 heteroatoms. The molecule has 0 N–H and O–H groups in total. The normalized spacial score (nSPS) is 12.7. The van der Waals surface area contributed by atoms with Gasteiger partial charge >= 0.3 is 0 Å². The van der Waals surface area contributed by atoms with Crippen molar-refractivity contribution in [3.8, 4) is 5.75 Å². The van der Waals surface area contributed by atoms with Gasteiger partial charge in [0.2, 0.25) is 0 Å². The van der Waals surface area contributed by atoms with E-state index in [2.05, 4.69) is 20.9 Å². The average Bonchev–Trinajstić information content (AvgIpc) is 2.66. The van der Waals surface area contributed by atoms with Crippen LogP contribution < -0.4 is 4.74 Å². The summed E-state index contributed by atoms with van der Waals surface area (Å²) in [4.78, 5) is 15.1. The Hall–Kier alpha value is -0.940. The third kappa shape index (κ3) is 2.35. The van der Waals surface area contributed by atoms with Crippen LogP contribution in [-0.2, 0) is 4.79 Å². The molecule has 0 saturated heterocycles. The number of benzene rings is 1. The van der Waals surface area contributed by atoms with Crippen molar-refractivity contribution in [2.75, 3.05) is 0 Å². The summed E-state index contributed by atoms with van der Waals surface area (Å²) in [6, 6.07) is 1.94. The van der Waals surface area contributed by atoms with E-state index in [1.807, 2.05) is 19.9 Å². The van der Waals surface area contributed by atoms with Gasteiger partial charge in [-0.15, -0.1) is 11.3 Å². The Kier molecular flexibility index (Phi) is 3.49. The molecular formula is C12H12BrNO2S. The van der Waals surface area contributed by atoms with E-state index in [1.165, 1.54) is 0 Å². The lowest BCUT2D eigenvalue weighted by atomic mass is 10.1. The summed E-state index contributed by atoms with van der Waals surface area (Å²) in [6.07, 6.45) is 0.364. The largest absolute Gasteiger partial charge is 0.483 e. The summed E-state index contributed by atoms with van der Waals surface area (Å²) in [5.74, 6) is 0.755. The SMILES string of the molecule is Cc1c(OC(C)C=O)cc2sc(Br)nc2c1C. The van der Waals surface area contributed by atoms with E-state index in [9.17, 15) is 4.79 Å². The fourth-order valence-corrected chi connectivity index (χ4v) is 3.09. The van der Waals surface area contributed by atoms with Crippen molar-refractivity contribution in [3.63, 3.8) is 0 Å². The van der Waals surface area contributed by atoms with E-state index in [1.54, 1.807) is 18.3 Å². The lowest BCUT2D eigenvalue weighted by Gasteiger charge is -2.13. The van der Waals surface area contributed by atoms with E-state index in [4.69, 9.17) is 4.74 Å². The molecule has 0 amide bonds. The topological polar surface area (TPSA) is 39.2 Å². The number of aldehydes is 1. The molecule has 0 aliphatic rings. The predicted octanol–water partition coefficient (Wildman–Crippen LogP) is 3.64. The molecule has 1 unspecified atom stereocenters. The number of hydrogen-bond donors (Lipinski definition) is 0. The van der Waals surface area contributed by atoms with Crippen molar-refractivity contribution in [3.05, 3.63) is 21.1 Å². The zero-order valence-electron chi connectivity index (χ0n) is 9.78. The van der Waals surface area contributed by atoms with Crippen molar-refractivity contribution < 1.29 is 9.53 Å². The number of nitrogens with zero attached hydrogens (tertiary/aromatic N) is 1. The highest BCUT2D eigenvalue weighted by atomic mass is 79.9. The second-order valence-electron chi connectivity index (χ2n) is 3.90. The van der Waals surface area contributed by atoms with Crippen molar-refractivity contribution >= 4 is 43.8 Å². The Morgan fingerprint density at radius 2 is 2.18 bits per heavy atom. The molecule has 0 radical (unpaired) electrons. The summed E-state index contributed by atoms with van der Waals surface area (Å²) in [5.41, 5.74) is 3.12. The maximum absolute atomic E-state index is 10.6. The maximum atomic E-state index is 10.6. The van der Waals surface area contributed by atoms with Gasteiger partial charge in [0.1, 0.15) is 5.75 Å². The highest BCUT2D eigenvalue weighted by Gasteiger charge is 2.13. The third-order valence-corrected chi connectivity index (χ3v) is 4.14. The lowest BCUT2D eigenvalue weighted by molar-refractivity contribution is -0.113. The smallest absolute Gasteiger partial charge is 0.160 e. The quantitative estimate of drug-likeness (QED) is 0.812. The van der Waals surface area contributed by atoms with Crippen LogP contribution in [0.5, 0.6) is 5.75 Å². The van der Waals surface area contributed by atoms with E-state index in [-0.39, 0.29) is 0 Å². The zero-order chi connectivity index (χ0) is 12.6. The van der Waals surface area contributed by atoms with Crippen LogP contribution in [0.4, 0.5) is 0 Å². The van der Waals surface area contributed by atoms with Crippen LogP contribution in [0.3, 0.4) is 0 Å². The number of aryl methyl sites for hydroxylation is 1. The molecule has 3 nitrogen and oxygen atoms in total. The monoisotopic (exact) mass is 313 g/mol. The molecule has 1 aromatic heterocycles. The standard InChI is InChI=1S/C12H12BrNO2S/c1-6(5-15)16-9-4-10-11(8(3)7(9)2)14-12(13)17-10/h4-6H,1-3H3. The maximum Gasteiger partial charge on any atom is 0.160 e. The Morgan fingerprint density at radius 3 is 2.82 bits per heavy atom. The predicted molar refractivity (Wildman–Crippen MR) is 72.9 cm³/mol. The number of rotatable bonds is 3. The van der Waals surface area contributed by atoms with E-state index in [0.29, 0.717) is 0 Å². The first-order valence-corrected chi connectivity index (χ1v) is 6.82. The highest BCUT2D eigenvalue weighted by Crippen LogP contribution is 2.35. The van der Waals surface area contributed by atoms with Gasteiger partial charge in [-0.2, -0.15) is 0 Å². The molecule has 0 aliphatic heterocycles. The summed E-state index contributed by atoms with van der Waals surface area (Å²) in [7, 11) is 0. The molecule has 1 aromatic carbocycles. The summed E-state index contributed by atoms with van der Waals surface area (Å²) in [6.45, 7) is 5.73. The molecule has 0 fully saturated rings. The number of thiazole rings is 1. The van der Waals surface area contributed by atoms with Crippen LogP contribution in [0, 0.1) is 13.8 Å². The van der Waals surface area contributed by atoms with Crippen LogP contribution in [0.2, 0.25) is 0 Å². The van der Waals surface area contributed by atoms with E-state index >= 15 is 0 Å². The molecule has 2 rings (SSSR count). The van der Waals surface area contributed by atoms with Gasteiger partial charge in [-0.1, -0.05) is 0 Å². The number of carbonyl (C=O) groups excluding carboxylic acids is 1. The van der Waals surface area contributed by atoms with Crippen LogP contribution in [-0.4, -0.2) is 17.4 Å². The molecule has 0 bridgehead atoms. The molecular weight excluding hydrogens is 302 g/mol. The Bertz CT molecular complexity index is 579. The second kappa shape index (κ2) is 4.74. The average molecular weight is 314 g/mol. The molecule has 0 spiro atoms. The van der Waals surface area contributed by atoms with Crippen LogP contribution in [0.15, 0.2) is 9.98 Å². The van der Waals surface area contributed by atoms with Crippen molar-refractivity contribution in [1.82, 2.24) is 4.98 Å². The molecule has 2 aromatic rings. The van der Waals surface area contributed by atoms with E-state index in [0.717, 1.165) is 37.3 Å². The van der Waals surface area contributed by atoms with E-state index < -0.39 is 6.10 Å². The second-order valence-corrected chi connectivity index (χ2v) is 6.20. The zero-order valence-corrected chi connectivity index (χ0v) is 12.2. The van der Waals surface area contributed by atoms with Crippen LogP contribution >= 0.6 is 27.3 Å². The Balaban J connectivity index is 2.56. The fourth-order valence-electron chi connectivity index (χ4n) is 1.61. The third-order valence-electron chi connectivity index (χ3n) is 2.68. The van der Waals surface area contributed by atoms with Gasteiger partial charge in [-0.3, -0.25) is 4.79 Å². The Morgan fingerprint density at radius 1 is 1.47 bits per heavy atom. The van der Waals surface area contributed by atoms with Gasteiger partial charge in [0, 0.05) is 0 Å². The van der Waals surface area contributed by atoms with Gasteiger partial charge in [0.15, 0.2) is 16.3 Å². The summed E-state index contributed by atoms with van der Waals surface area (Å²) >= 11 is 4.94. The minimum Gasteiger partial charge on any atom is -0.483 e. The molecule has 1 atom stereocenters. The molecule has 0 aliphatic carbocycles. The minimum atomic E-state index is -0.429.